The van der Waals surface area contributed by atoms with Crippen LogP contribution in [0.4, 0.5) is 17.1 Å². The number of aryl methyl sites for hydroxylation is 1. The number of amides is 3. The van der Waals surface area contributed by atoms with Crippen LogP contribution in [-0.2, 0) is 14.4 Å². The average molecular weight is 339 g/mol. The molecule has 3 amide bonds. The van der Waals surface area contributed by atoms with Gasteiger partial charge in [-0.3, -0.25) is 14.4 Å². The van der Waals surface area contributed by atoms with Crippen LogP contribution in [0, 0.1) is 6.92 Å². The summed E-state index contributed by atoms with van der Waals surface area (Å²) in [7, 11) is 0. The first-order valence-electron chi connectivity index (χ1n) is 7.88. The van der Waals surface area contributed by atoms with Gasteiger partial charge < -0.3 is 15.5 Å². The van der Waals surface area contributed by atoms with Gasteiger partial charge in [0, 0.05) is 30.9 Å². The molecule has 0 saturated heterocycles. The lowest BCUT2D eigenvalue weighted by atomic mass is 10.2. The molecular weight excluding hydrogens is 318 g/mol. The Kier molecular flexibility index (Phi) is 5.89. The zero-order valence-electron chi connectivity index (χ0n) is 14.5. The highest BCUT2D eigenvalue weighted by Gasteiger charge is 2.17. The lowest BCUT2D eigenvalue weighted by Crippen LogP contribution is -2.37. The Labute approximate surface area is 146 Å². The summed E-state index contributed by atoms with van der Waals surface area (Å²) in [6.45, 7) is 4.68. The second kappa shape index (κ2) is 8.10. The Morgan fingerprint density at radius 3 is 1.96 bits per heavy atom. The summed E-state index contributed by atoms with van der Waals surface area (Å²) in [5.74, 6) is -0.664. The van der Waals surface area contributed by atoms with Crippen molar-refractivity contribution >= 4 is 34.8 Å². The zero-order valence-corrected chi connectivity index (χ0v) is 14.5. The van der Waals surface area contributed by atoms with Gasteiger partial charge in [0.25, 0.3) is 0 Å². The fourth-order valence-electron chi connectivity index (χ4n) is 2.42. The van der Waals surface area contributed by atoms with Gasteiger partial charge in [0.05, 0.1) is 0 Å². The van der Waals surface area contributed by atoms with Gasteiger partial charge in [-0.15, -0.1) is 0 Å². The topological polar surface area (TPSA) is 78.5 Å². The molecule has 0 aromatic heterocycles. The van der Waals surface area contributed by atoms with Crippen LogP contribution in [0.5, 0.6) is 0 Å². The number of hydrogen-bond donors (Lipinski definition) is 2. The van der Waals surface area contributed by atoms with E-state index in [0.29, 0.717) is 17.1 Å². The molecule has 0 heterocycles. The molecule has 2 rings (SSSR count). The number of anilines is 3. The van der Waals surface area contributed by atoms with Gasteiger partial charge in [0.1, 0.15) is 6.54 Å². The highest BCUT2D eigenvalue weighted by atomic mass is 16.2. The van der Waals surface area contributed by atoms with Crippen molar-refractivity contribution in [2.24, 2.45) is 0 Å². The zero-order chi connectivity index (χ0) is 18.4. The van der Waals surface area contributed by atoms with Gasteiger partial charge >= 0.3 is 0 Å². The van der Waals surface area contributed by atoms with Crippen LogP contribution in [0.2, 0.25) is 0 Å². The van der Waals surface area contributed by atoms with Gasteiger partial charge in [0.2, 0.25) is 17.7 Å². The van der Waals surface area contributed by atoms with Crippen molar-refractivity contribution in [3.8, 4) is 0 Å². The molecule has 0 aliphatic rings. The molecule has 2 aromatic rings. The van der Waals surface area contributed by atoms with Crippen LogP contribution in [0.1, 0.15) is 19.4 Å². The van der Waals surface area contributed by atoms with Gasteiger partial charge in [-0.2, -0.15) is 0 Å². The van der Waals surface area contributed by atoms with Gasteiger partial charge in [-0.05, 0) is 42.8 Å². The van der Waals surface area contributed by atoms with E-state index in [0.717, 1.165) is 5.56 Å². The standard InChI is InChI=1S/C19H21N3O3/c1-13-6-4-5-7-18(13)22(15(3)24)12-19(25)21-17-10-8-16(9-11-17)20-14(2)23/h4-11H,12H2,1-3H3,(H,20,23)(H,21,25). The smallest absolute Gasteiger partial charge is 0.244 e. The lowest BCUT2D eigenvalue weighted by Gasteiger charge is -2.22. The number of hydrogen-bond acceptors (Lipinski definition) is 3. The van der Waals surface area contributed by atoms with E-state index >= 15 is 0 Å². The maximum atomic E-state index is 12.3. The summed E-state index contributed by atoms with van der Waals surface area (Å²) in [6.07, 6.45) is 0. The molecule has 130 valence electrons. The Hall–Kier alpha value is -3.15. The third-order valence-corrected chi connectivity index (χ3v) is 3.58. The highest BCUT2D eigenvalue weighted by Crippen LogP contribution is 2.20. The number of nitrogens with one attached hydrogen (secondary N) is 2. The molecule has 0 saturated carbocycles. The van der Waals surface area contributed by atoms with Crippen molar-refractivity contribution in [2.75, 3.05) is 22.1 Å². The third kappa shape index (κ3) is 5.17. The molecule has 0 fully saturated rings. The number of nitrogens with zero attached hydrogens (tertiary/aromatic N) is 1. The Morgan fingerprint density at radius 2 is 1.44 bits per heavy atom. The van der Waals surface area contributed by atoms with Gasteiger partial charge in [-0.1, -0.05) is 18.2 Å². The van der Waals surface area contributed by atoms with Crippen molar-refractivity contribution in [3.05, 3.63) is 54.1 Å². The summed E-state index contributed by atoms with van der Waals surface area (Å²) < 4.78 is 0. The second-order valence-corrected chi connectivity index (χ2v) is 5.70. The summed E-state index contributed by atoms with van der Waals surface area (Å²) in [5, 5.41) is 5.41. The second-order valence-electron chi connectivity index (χ2n) is 5.70. The predicted molar refractivity (Wildman–Crippen MR) is 98.6 cm³/mol. The van der Waals surface area contributed by atoms with E-state index in [9.17, 15) is 14.4 Å². The molecule has 6 nitrogen and oxygen atoms in total. The van der Waals surface area contributed by atoms with Crippen LogP contribution in [0.15, 0.2) is 48.5 Å². The highest BCUT2D eigenvalue weighted by molar-refractivity contribution is 6.02. The van der Waals surface area contributed by atoms with Crippen molar-refractivity contribution in [1.82, 2.24) is 0 Å². The van der Waals surface area contributed by atoms with E-state index < -0.39 is 0 Å². The van der Waals surface area contributed by atoms with Gasteiger partial charge in [-0.25, -0.2) is 0 Å². The summed E-state index contributed by atoms with van der Waals surface area (Å²) in [6, 6.07) is 14.2. The van der Waals surface area contributed by atoms with E-state index in [1.165, 1.54) is 18.7 Å². The van der Waals surface area contributed by atoms with Crippen molar-refractivity contribution in [3.63, 3.8) is 0 Å². The molecule has 25 heavy (non-hydrogen) atoms. The summed E-state index contributed by atoms with van der Waals surface area (Å²) in [4.78, 5) is 36.7. The molecule has 0 spiro atoms. The van der Waals surface area contributed by atoms with E-state index in [4.69, 9.17) is 0 Å². The largest absolute Gasteiger partial charge is 0.326 e. The van der Waals surface area contributed by atoms with Crippen molar-refractivity contribution in [2.45, 2.75) is 20.8 Å². The molecule has 0 unspecified atom stereocenters. The van der Waals surface area contributed by atoms with Crippen LogP contribution in [-0.4, -0.2) is 24.3 Å². The van der Waals surface area contributed by atoms with Crippen molar-refractivity contribution < 1.29 is 14.4 Å². The molecule has 2 N–H and O–H groups in total. The molecule has 0 aliphatic heterocycles. The third-order valence-electron chi connectivity index (χ3n) is 3.58. The first-order valence-corrected chi connectivity index (χ1v) is 7.88. The Balaban J connectivity index is 2.06. The molecule has 0 radical (unpaired) electrons. The number of carbonyl (C=O) groups is 3. The van der Waals surface area contributed by atoms with Crippen LogP contribution in [0.3, 0.4) is 0 Å². The molecule has 2 aromatic carbocycles. The lowest BCUT2D eigenvalue weighted by molar-refractivity contribution is -0.120. The minimum atomic E-state index is -0.300. The number of benzene rings is 2. The van der Waals surface area contributed by atoms with E-state index in [1.54, 1.807) is 24.3 Å². The van der Waals surface area contributed by atoms with Gasteiger partial charge in [0.15, 0.2) is 0 Å². The van der Waals surface area contributed by atoms with Crippen molar-refractivity contribution in [1.29, 1.82) is 0 Å². The quantitative estimate of drug-likeness (QED) is 0.879. The Bertz CT molecular complexity index is 785. The molecule has 0 bridgehead atoms. The minimum Gasteiger partial charge on any atom is -0.326 e. The number of para-hydroxylation sites is 1. The van der Waals surface area contributed by atoms with Crippen LogP contribution < -0.4 is 15.5 Å². The number of carbonyl (C=O) groups excluding carboxylic acids is 3. The maximum Gasteiger partial charge on any atom is 0.244 e. The van der Waals surface area contributed by atoms with Crippen LogP contribution in [0.25, 0.3) is 0 Å². The minimum absolute atomic E-state index is 0.0758. The first kappa shape index (κ1) is 18.2. The average Bonchev–Trinajstić information content (AvgIpc) is 2.54. The van der Waals surface area contributed by atoms with Crippen LogP contribution >= 0.6 is 0 Å². The summed E-state index contributed by atoms with van der Waals surface area (Å²) in [5.41, 5.74) is 2.87. The number of rotatable bonds is 5. The van der Waals surface area contributed by atoms with E-state index in [-0.39, 0.29) is 24.3 Å². The molecular formula is C19H21N3O3. The maximum absolute atomic E-state index is 12.3. The first-order chi connectivity index (χ1) is 11.9. The molecule has 0 aliphatic carbocycles. The fourth-order valence-corrected chi connectivity index (χ4v) is 2.42. The Morgan fingerprint density at radius 1 is 0.880 bits per heavy atom. The normalized spacial score (nSPS) is 10.0. The monoisotopic (exact) mass is 339 g/mol. The summed E-state index contributed by atoms with van der Waals surface area (Å²) >= 11 is 0. The van der Waals surface area contributed by atoms with E-state index in [1.807, 2.05) is 31.2 Å². The fraction of sp³-hybridized carbons (Fsp3) is 0.211. The van der Waals surface area contributed by atoms with E-state index in [2.05, 4.69) is 10.6 Å². The molecule has 0 atom stereocenters. The molecule has 6 heteroatoms. The predicted octanol–water partition coefficient (Wildman–Crippen LogP) is 2.95. The SMILES string of the molecule is CC(=O)Nc1ccc(NC(=O)CN(C(C)=O)c2ccccc2C)cc1.